The predicted octanol–water partition coefficient (Wildman–Crippen LogP) is 3.52. The van der Waals surface area contributed by atoms with E-state index in [-0.39, 0.29) is 5.91 Å². The van der Waals surface area contributed by atoms with Crippen LogP contribution in [0.1, 0.15) is 25.8 Å². The molecule has 0 aliphatic rings. The summed E-state index contributed by atoms with van der Waals surface area (Å²) in [5, 5.41) is 3.54. The average Bonchev–Trinajstić information content (AvgIpc) is 2.28. The van der Waals surface area contributed by atoms with E-state index in [1.165, 1.54) is 0 Å². The zero-order valence-corrected chi connectivity index (χ0v) is 11.0. The Balaban J connectivity index is 2.37. The van der Waals surface area contributed by atoms with Gasteiger partial charge in [0.25, 0.3) is 0 Å². The molecule has 17 heavy (non-hydrogen) atoms. The van der Waals surface area contributed by atoms with E-state index in [1.54, 1.807) is 24.3 Å². The van der Waals surface area contributed by atoms with Crippen molar-refractivity contribution >= 4 is 23.6 Å². The first-order valence-electron chi connectivity index (χ1n) is 5.79. The minimum Gasteiger partial charge on any atom is -0.353 e. The zero-order chi connectivity index (χ0) is 12.7. The summed E-state index contributed by atoms with van der Waals surface area (Å²) in [5.74, 6) is 0.552. The second kappa shape index (κ2) is 7.13. The lowest BCUT2D eigenvalue weighted by Gasteiger charge is -2.04. The Labute approximate surface area is 108 Å². The van der Waals surface area contributed by atoms with Gasteiger partial charge in [-0.25, -0.2) is 0 Å². The molecule has 3 heteroatoms. The SMILES string of the molecule is CC(C)CCNC(=O)C=Cc1ccc(Cl)cc1. The Kier molecular flexibility index (Phi) is 5.78. The van der Waals surface area contributed by atoms with Crippen molar-refractivity contribution in [1.29, 1.82) is 0 Å². The van der Waals surface area contributed by atoms with Crippen LogP contribution in [0.2, 0.25) is 5.02 Å². The highest BCUT2D eigenvalue weighted by Gasteiger charge is 1.97. The third-order valence-electron chi connectivity index (χ3n) is 2.32. The average molecular weight is 252 g/mol. The summed E-state index contributed by atoms with van der Waals surface area (Å²) in [4.78, 5) is 11.4. The monoisotopic (exact) mass is 251 g/mol. The molecule has 0 unspecified atom stereocenters. The molecule has 0 fully saturated rings. The molecule has 1 rings (SSSR count). The first-order valence-corrected chi connectivity index (χ1v) is 6.17. The van der Waals surface area contributed by atoms with Gasteiger partial charge in [0, 0.05) is 17.6 Å². The van der Waals surface area contributed by atoms with Crippen molar-refractivity contribution in [3.8, 4) is 0 Å². The van der Waals surface area contributed by atoms with E-state index in [4.69, 9.17) is 11.6 Å². The lowest BCUT2D eigenvalue weighted by molar-refractivity contribution is -0.116. The number of carbonyl (C=O) groups excluding carboxylic acids is 1. The minimum absolute atomic E-state index is 0.0550. The second-order valence-electron chi connectivity index (χ2n) is 4.36. The van der Waals surface area contributed by atoms with Crippen LogP contribution in [0.5, 0.6) is 0 Å². The molecule has 0 heterocycles. The van der Waals surface area contributed by atoms with Crippen molar-refractivity contribution in [2.75, 3.05) is 6.54 Å². The maximum absolute atomic E-state index is 11.4. The van der Waals surface area contributed by atoms with Crippen LogP contribution in [0.4, 0.5) is 0 Å². The number of halogens is 1. The highest BCUT2D eigenvalue weighted by Crippen LogP contribution is 2.10. The quantitative estimate of drug-likeness (QED) is 0.798. The number of hydrogen-bond donors (Lipinski definition) is 1. The van der Waals surface area contributed by atoms with Crippen LogP contribution in [0, 0.1) is 5.92 Å². The Morgan fingerprint density at radius 1 is 1.35 bits per heavy atom. The standard InChI is InChI=1S/C14H18ClNO/c1-11(2)9-10-16-14(17)8-5-12-3-6-13(15)7-4-12/h3-8,11H,9-10H2,1-2H3,(H,16,17). The van der Waals surface area contributed by atoms with Crippen molar-refractivity contribution in [2.45, 2.75) is 20.3 Å². The van der Waals surface area contributed by atoms with Gasteiger partial charge in [0.2, 0.25) is 5.91 Å². The number of benzene rings is 1. The maximum atomic E-state index is 11.4. The van der Waals surface area contributed by atoms with E-state index in [0.717, 1.165) is 18.5 Å². The first-order chi connectivity index (χ1) is 8.08. The van der Waals surface area contributed by atoms with Crippen LogP contribution in [-0.4, -0.2) is 12.5 Å². The summed E-state index contributed by atoms with van der Waals surface area (Å²) < 4.78 is 0. The Hall–Kier alpha value is -1.28. The Morgan fingerprint density at radius 3 is 2.59 bits per heavy atom. The molecular formula is C14H18ClNO. The molecule has 0 atom stereocenters. The van der Waals surface area contributed by atoms with Gasteiger partial charge in [-0.15, -0.1) is 0 Å². The van der Waals surface area contributed by atoms with Gasteiger partial charge in [0.05, 0.1) is 0 Å². The predicted molar refractivity (Wildman–Crippen MR) is 73.0 cm³/mol. The second-order valence-corrected chi connectivity index (χ2v) is 4.79. The fourth-order valence-corrected chi connectivity index (χ4v) is 1.41. The number of amides is 1. The van der Waals surface area contributed by atoms with Gasteiger partial charge >= 0.3 is 0 Å². The molecule has 92 valence electrons. The van der Waals surface area contributed by atoms with Crippen molar-refractivity contribution < 1.29 is 4.79 Å². The molecule has 1 aromatic carbocycles. The van der Waals surface area contributed by atoms with E-state index in [9.17, 15) is 4.79 Å². The van der Waals surface area contributed by atoms with Gasteiger partial charge in [-0.05, 0) is 36.1 Å². The normalized spacial score (nSPS) is 11.1. The molecule has 0 saturated carbocycles. The third-order valence-corrected chi connectivity index (χ3v) is 2.57. The van der Waals surface area contributed by atoms with Gasteiger partial charge in [-0.2, -0.15) is 0 Å². The summed E-state index contributed by atoms with van der Waals surface area (Å²) in [5.41, 5.74) is 0.966. The molecule has 0 spiro atoms. The van der Waals surface area contributed by atoms with E-state index < -0.39 is 0 Å². The van der Waals surface area contributed by atoms with E-state index in [2.05, 4.69) is 19.2 Å². The topological polar surface area (TPSA) is 29.1 Å². The molecule has 1 N–H and O–H groups in total. The zero-order valence-electron chi connectivity index (χ0n) is 10.2. The Morgan fingerprint density at radius 2 is 2.00 bits per heavy atom. The summed E-state index contributed by atoms with van der Waals surface area (Å²) in [6.07, 6.45) is 4.32. The molecule has 0 saturated heterocycles. The van der Waals surface area contributed by atoms with Crippen LogP contribution >= 0.6 is 11.6 Å². The van der Waals surface area contributed by atoms with Gasteiger partial charge in [0.15, 0.2) is 0 Å². The van der Waals surface area contributed by atoms with Gasteiger partial charge in [-0.3, -0.25) is 4.79 Å². The molecule has 0 aliphatic carbocycles. The van der Waals surface area contributed by atoms with E-state index in [1.807, 2.05) is 12.1 Å². The molecule has 2 nitrogen and oxygen atoms in total. The minimum atomic E-state index is -0.0550. The van der Waals surface area contributed by atoms with Crippen molar-refractivity contribution in [3.05, 3.63) is 40.9 Å². The van der Waals surface area contributed by atoms with E-state index in [0.29, 0.717) is 10.9 Å². The summed E-state index contributed by atoms with van der Waals surface area (Å²) in [6.45, 7) is 4.99. The molecular weight excluding hydrogens is 234 g/mol. The number of rotatable bonds is 5. The van der Waals surface area contributed by atoms with Crippen molar-refractivity contribution in [3.63, 3.8) is 0 Å². The number of hydrogen-bond acceptors (Lipinski definition) is 1. The van der Waals surface area contributed by atoms with Gasteiger partial charge in [-0.1, -0.05) is 37.6 Å². The number of nitrogens with one attached hydrogen (secondary N) is 1. The highest BCUT2D eigenvalue weighted by molar-refractivity contribution is 6.30. The largest absolute Gasteiger partial charge is 0.353 e. The molecule has 0 aromatic heterocycles. The lowest BCUT2D eigenvalue weighted by atomic mass is 10.1. The summed E-state index contributed by atoms with van der Waals surface area (Å²) in [7, 11) is 0. The maximum Gasteiger partial charge on any atom is 0.243 e. The lowest BCUT2D eigenvalue weighted by Crippen LogP contribution is -2.23. The molecule has 1 amide bonds. The van der Waals surface area contributed by atoms with Gasteiger partial charge < -0.3 is 5.32 Å². The number of carbonyl (C=O) groups is 1. The van der Waals surface area contributed by atoms with Crippen molar-refractivity contribution in [1.82, 2.24) is 5.32 Å². The molecule has 0 bridgehead atoms. The molecule has 0 aliphatic heterocycles. The smallest absolute Gasteiger partial charge is 0.243 e. The molecule has 0 radical (unpaired) electrons. The van der Waals surface area contributed by atoms with Crippen LogP contribution < -0.4 is 5.32 Å². The fourth-order valence-electron chi connectivity index (χ4n) is 1.29. The third kappa shape index (κ3) is 6.12. The highest BCUT2D eigenvalue weighted by atomic mass is 35.5. The first kappa shape index (κ1) is 13.8. The van der Waals surface area contributed by atoms with Crippen LogP contribution in [0.3, 0.4) is 0 Å². The van der Waals surface area contributed by atoms with Crippen molar-refractivity contribution in [2.24, 2.45) is 5.92 Å². The summed E-state index contributed by atoms with van der Waals surface area (Å²) >= 11 is 5.77. The molecule has 1 aromatic rings. The van der Waals surface area contributed by atoms with Gasteiger partial charge in [0.1, 0.15) is 0 Å². The fraction of sp³-hybridized carbons (Fsp3) is 0.357. The van der Waals surface area contributed by atoms with E-state index >= 15 is 0 Å². The van der Waals surface area contributed by atoms with Crippen LogP contribution in [0.15, 0.2) is 30.3 Å². The van der Waals surface area contributed by atoms with Crippen LogP contribution in [-0.2, 0) is 4.79 Å². The Bertz CT molecular complexity index is 382. The van der Waals surface area contributed by atoms with Crippen LogP contribution in [0.25, 0.3) is 6.08 Å². The summed E-state index contributed by atoms with van der Waals surface area (Å²) in [6, 6.07) is 7.36.